The first-order valence-corrected chi connectivity index (χ1v) is 13.1. The Labute approximate surface area is 233 Å². The summed E-state index contributed by atoms with van der Waals surface area (Å²) in [5, 5.41) is 18.1. The lowest BCUT2D eigenvalue weighted by molar-refractivity contribution is 0.0232. The molecule has 0 aliphatic heterocycles. The largest absolute Gasteiger partial charge is 0.490 e. The van der Waals surface area contributed by atoms with Crippen molar-refractivity contribution in [1.82, 2.24) is 4.90 Å². The van der Waals surface area contributed by atoms with Crippen LogP contribution in [0, 0.1) is 22.6 Å². The van der Waals surface area contributed by atoms with E-state index < -0.39 is 11.7 Å². The summed E-state index contributed by atoms with van der Waals surface area (Å²) < 4.78 is 24.8. The quantitative estimate of drug-likeness (QED) is 0.260. The highest BCUT2D eigenvalue weighted by Crippen LogP contribution is 2.41. The number of hydrogen-bond donors (Lipinski definition) is 2. The molecule has 2 aromatic carbocycles. The minimum Gasteiger partial charge on any atom is -0.490 e. The zero-order valence-electron chi connectivity index (χ0n) is 22.3. The minimum absolute atomic E-state index is 0.0982. The summed E-state index contributed by atoms with van der Waals surface area (Å²) in [5.74, 6) is -0.0817. The van der Waals surface area contributed by atoms with Gasteiger partial charge in [0.05, 0.1) is 23.5 Å². The molecule has 0 heterocycles. The number of rotatable bonds is 10. The van der Waals surface area contributed by atoms with E-state index in [0.717, 1.165) is 17.6 Å². The Kier molecular flexibility index (Phi) is 10.1. The van der Waals surface area contributed by atoms with Crippen LogP contribution in [0.15, 0.2) is 58.7 Å². The number of nitrogen functional groups attached to an aromatic ring is 1. The van der Waals surface area contributed by atoms with E-state index in [0.29, 0.717) is 34.8 Å². The molecule has 0 fully saturated rings. The molecule has 0 saturated carbocycles. The average Bonchev–Trinajstić information content (AvgIpc) is 3.29. The van der Waals surface area contributed by atoms with Gasteiger partial charge in [0, 0.05) is 36.3 Å². The van der Waals surface area contributed by atoms with E-state index in [-0.39, 0.29) is 37.9 Å². The van der Waals surface area contributed by atoms with E-state index in [1.54, 1.807) is 51.1 Å². The smallest absolute Gasteiger partial charge is 0.410 e. The molecule has 1 aliphatic carbocycles. The van der Waals surface area contributed by atoms with Gasteiger partial charge in [0.25, 0.3) is 0 Å². The van der Waals surface area contributed by atoms with Crippen molar-refractivity contribution >= 4 is 34.8 Å². The number of halogens is 2. The molecule has 8 nitrogen and oxygen atoms in total. The maximum absolute atomic E-state index is 13.4. The Bertz CT molecular complexity index is 1300. The Morgan fingerprint density at radius 3 is 2.64 bits per heavy atom. The van der Waals surface area contributed by atoms with E-state index >= 15 is 0 Å². The maximum Gasteiger partial charge on any atom is 0.410 e. The second-order valence-corrected chi connectivity index (χ2v) is 10.3. The molecular weight excluding hydrogens is 521 g/mol. The number of allylic oxidation sites excluding steroid dienone is 2. The van der Waals surface area contributed by atoms with Crippen LogP contribution in [-0.2, 0) is 4.74 Å². The predicted octanol–water partition coefficient (Wildman–Crippen LogP) is 6.40. The highest BCUT2D eigenvalue weighted by molar-refractivity contribution is 6.56. The van der Waals surface area contributed by atoms with Crippen LogP contribution in [0.25, 0.3) is 0 Å². The van der Waals surface area contributed by atoms with Gasteiger partial charge >= 0.3 is 6.09 Å². The minimum atomic E-state index is -0.704. The molecule has 0 saturated heterocycles. The van der Waals surface area contributed by atoms with Crippen molar-refractivity contribution in [3.63, 3.8) is 0 Å². The fourth-order valence-electron chi connectivity index (χ4n) is 4.34. The van der Waals surface area contributed by atoms with Crippen LogP contribution < -0.4 is 10.5 Å². The molecule has 1 atom stereocenters. The van der Waals surface area contributed by atoms with E-state index in [1.165, 1.54) is 22.7 Å². The fraction of sp³-hybridized carbons (Fsp3) is 0.379. The van der Waals surface area contributed by atoms with Crippen LogP contribution in [0.4, 0.5) is 14.9 Å². The fourth-order valence-corrected chi connectivity index (χ4v) is 4.45. The van der Waals surface area contributed by atoms with Crippen molar-refractivity contribution in [3.05, 3.63) is 70.7 Å². The summed E-state index contributed by atoms with van der Waals surface area (Å²) in [4.78, 5) is 18.8. The van der Waals surface area contributed by atoms with E-state index in [4.69, 9.17) is 32.2 Å². The Morgan fingerprint density at radius 1 is 1.28 bits per heavy atom. The molecule has 0 radical (unpaired) electrons. The van der Waals surface area contributed by atoms with Crippen LogP contribution in [-0.4, -0.2) is 47.7 Å². The number of amides is 1. The summed E-state index contributed by atoms with van der Waals surface area (Å²) in [6.07, 6.45) is 1.06. The zero-order valence-corrected chi connectivity index (χ0v) is 23.1. The molecule has 0 aromatic heterocycles. The van der Waals surface area contributed by atoms with Crippen LogP contribution >= 0.6 is 11.6 Å². The maximum atomic E-state index is 13.4. The van der Waals surface area contributed by atoms with Crippen molar-refractivity contribution in [1.29, 1.82) is 10.7 Å². The third-order valence-electron chi connectivity index (χ3n) is 6.18. The second-order valence-electron chi connectivity index (χ2n) is 10.1. The highest BCUT2D eigenvalue weighted by Gasteiger charge is 2.29. The summed E-state index contributed by atoms with van der Waals surface area (Å²) in [5.41, 5.74) is 9.79. The van der Waals surface area contributed by atoms with Crippen molar-refractivity contribution in [3.8, 4) is 11.8 Å². The zero-order chi connectivity index (χ0) is 28.6. The van der Waals surface area contributed by atoms with Crippen molar-refractivity contribution in [2.24, 2.45) is 4.99 Å². The van der Waals surface area contributed by atoms with Gasteiger partial charge in [-0.1, -0.05) is 23.7 Å². The first kappa shape index (κ1) is 29.7. The van der Waals surface area contributed by atoms with Gasteiger partial charge in [0.15, 0.2) is 0 Å². The van der Waals surface area contributed by atoms with Crippen LogP contribution in [0.3, 0.4) is 0 Å². The first-order valence-electron chi connectivity index (χ1n) is 12.6. The summed E-state index contributed by atoms with van der Waals surface area (Å²) >= 11 is 5.83. The highest BCUT2D eigenvalue weighted by atomic mass is 35.5. The molecule has 1 unspecified atom stereocenters. The number of aliphatic imine (C=N–C) groups is 1. The SMILES string of the molecule is CC(C)(C)OC(=O)N(CCOc1cc(N)ccc1C#N)CCC(=N)C1=C(N=CCl)C(c2ccc(F)cc2)CC1. The van der Waals surface area contributed by atoms with Gasteiger partial charge in [-0.05, 0) is 69.0 Å². The standard InChI is InChI=1S/C29H33ClFN5O3/c1-29(2,3)39-28(37)36(14-15-38-26-16-22(33)9-6-20(26)17-32)13-12-25(34)24-11-10-23(27(24)35-18-30)19-4-7-21(31)8-5-19/h4-9,16,18,23,34H,10-15,33H2,1-3H3. The lowest BCUT2D eigenvalue weighted by atomic mass is 9.96. The number of carbonyl (C=O) groups is 1. The first-order chi connectivity index (χ1) is 18.5. The van der Waals surface area contributed by atoms with Crippen molar-refractivity contribution in [2.45, 2.75) is 51.6 Å². The van der Waals surface area contributed by atoms with Crippen molar-refractivity contribution in [2.75, 3.05) is 25.4 Å². The molecule has 2 aromatic rings. The molecule has 39 heavy (non-hydrogen) atoms. The monoisotopic (exact) mass is 553 g/mol. The second kappa shape index (κ2) is 13.3. The van der Waals surface area contributed by atoms with Crippen LogP contribution in [0.2, 0.25) is 0 Å². The molecule has 3 rings (SSSR count). The van der Waals surface area contributed by atoms with Crippen molar-refractivity contribution < 1.29 is 18.7 Å². The summed E-state index contributed by atoms with van der Waals surface area (Å²) in [6, 6.07) is 13.1. The lowest BCUT2D eigenvalue weighted by Gasteiger charge is -2.27. The average molecular weight is 554 g/mol. The third-order valence-corrected chi connectivity index (χ3v) is 6.27. The molecule has 206 valence electrons. The van der Waals surface area contributed by atoms with Gasteiger partial charge < -0.3 is 25.5 Å². The van der Waals surface area contributed by atoms with Gasteiger partial charge in [0.1, 0.15) is 29.8 Å². The van der Waals surface area contributed by atoms with Gasteiger partial charge in [0.2, 0.25) is 0 Å². The van der Waals surface area contributed by atoms with E-state index in [2.05, 4.69) is 11.1 Å². The number of benzene rings is 2. The molecule has 1 amide bonds. The molecule has 0 spiro atoms. The van der Waals surface area contributed by atoms with Gasteiger partial charge in [-0.3, -0.25) is 0 Å². The molecule has 1 aliphatic rings. The number of nitrogens with one attached hydrogen (secondary N) is 1. The topological polar surface area (TPSA) is 125 Å². The van der Waals surface area contributed by atoms with E-state index in [1.807, 2.05) is 0 Å². The number of carbonyl (C=O) groups excluding carboxylic acids is 1. The number of nitrogens with zero attached hydrogens (tertiary/aromatic N) is 3. The molecule has 3 N–H and O–H groups in total. The Hall–Kier alpha value is -3.90. The van der Waals surface area contributed by atoms with Gasteiger partial charge in [-0.25, -0.2) is 14.2 Å². The normalized spacial score (nSPS) is 15.3. The number of hydrogen-bond acceptors (Lipinski definition) is 7. The Balaban J connectivity index is 1.73. The lowest BCUT2D eigenvalue weighted by Crippen LogP contribution is -2.40. The Morgan fingerprint density at radius 2 is 2.00 bits per heavy atom. The summed E-state index contributed by atoms with van der Waals surface area (Å²) in [7, 11) is 0. The molecule has 10 heteroatoms. The van der Waals surface area contributed by atoms with E-state index in [9.17, 15) is 14.4 Å². The van der Waals surface area contributed by atoms with Crippen LogP contribution in [0.5, 0.6) is 5.75 Å². The third kappa shape index (κ3) is 8.29. The van der Waals surface area contributed by atoms with Gasteiger partial charge in [-0.15, -0.1) is 0 Å². The number of ether oxygens (including phenoxy) is 2. The predicted molar refractivity (Wildman–Crippen MR) is 151 cm³/mol. The van der Waals surface area contributed by atoms with Crippen LogP contribution in [0.1, 0.15) is 57.1 Å². The number of anilines is 1. The summed E-state index contributed by atoms with van der Waals surface area (Å²) in [6.45, 7) is 5.82. The number of nitrogens with two attached hydrogens (primary N) is 1. The number of nitriles is 1. The van der Waals surface area contributed by atoms with Gasteiger partial charge in [-0.2, -0.15) is 5.26 Å². The molecule has 0 bridgehead atoms. The molecular formula is C29H33ClFN5O3.